The van der Waals surface area contributed by atoms with Crippen LogP contribution in [0.1, 0.15) is 31.9 Å². The summed E-state index contributed by atoms with van der Waals surface area (Å²) >= 11 is 5.36. The van der Waals surface area contributed by atoms with Gasteiger partial charge in [0.05, 0.1) is 29.2 Å². The quantitative estimate of drug-likeness (QED) is 0.443. The fraction of sp³-hybridized carbons (Fsp3) is 0.444. The number of amides is 3. The number of anilines is 1. The smallest absolute Gasteiger partial charge is 0.244 e. The number of thioether (sulfide) groups is 1. The Morgan fingerprint density at radius 2 is 1.75 bits per heavy atom. The molecular weight excluding hydrogens is 542 g/mol. The van der Waals surface area contributed by atoms with Gasteiger partial charge in [-0.3, -0.25) is 14.4 Å². The summed E-state index contributed by atoms with van der Waals surface area (Å²) in [5, 5.41) is 16.3. The van der Waals surface area contributed by atoms with E-state index in [1.165, 1.54) is 0 Å². The normalized spacial score (nSPS) is 31.4. The van der Waals surface area contributed by atoms with E-state index in [1.54, 1.807) is 16.7 Å². The lowest BCUT2D eigenvalue weighted by Gasteiger charge is -2.37. The first-order valence-electron chi connectivity index (χ1n) is 12.2. The van der Waals surface area contributed by atoms with Gasteiger partial charge in [0.25, 0.3) is 0 Å². The monoisotopic (exact) mass is 571 g/mol. The first-order chi connectivity index (χ1) is 17.3. The van der Waals surface area contributed by atoms with Gasteiger partial charge >= 0.3 is 0 Å². The molecule has 3 aliphatic rings. The zero-order chi connectivity index (χ0) is 25.6. The first-order valence-corrected chi connectivity index (χ1v) is 14.0. The Morgan fingerprint density at radius 1 is 1.11 bits per heavy atom. The third kappa shape index (κ3) is 4.05. The van der Waals surface area contributed by atoms with Gasteiger partial charge in [0, 0.05) is 21.8 Å². The van der Waals surface area contributed by atoms with Crippen LogP contribution in [0.25, 0.3) is 0 Å². The number of aliphatic hydroxyl groups excluding tert-OH is 1. The summed E-state index contributed by atoms with van der Waals surface area (Å²) in [4.78, 5) is 43.2. The number of nitrogens with zero attached hydrogens (tertiary/aromatic N) is 1. The zero-order valence-corrected chi connectivity index (χ0v) is 22.5. The van der Waals surface area contributed by atoms with Crippen LogP contribution in [0.5, 0.6) is 0 Å². The van der Waals surface area contributed by atoms with Crippen molar-refractivity contribution in [1.82, 2.24) is 10.2 Å². The van der Waals surface area contributed by atoms with Crippen molar-refractivity contribution in [2.75, 3.05) is 11.9 Å². The number of carbonyl (C=O) groups excluding carboxylic acids is 3. The fourth-order valence-electron chi connectivity index (χ4n) is 6.14. The van der Waals surface area contributed by atoms with Crippen LogP contribution in [0.2, 0.25) is 0 Å². The van der Waals surface area contributed by atoms with Gasteiger partial charge in [-0.2, -0.15) is 0 Å². The van der Waals surface area contributed by atoms with Gasteiger partial charge < -0.3 is 20.6 Å². The number of halogens is 1. The predicted octanol–water partition coefficient (Wildman–Crippen LogP) is 3.35. The fourth-order valence-corrected chi connectivity index (χ4v) is 9.74. The Labute approximate surface area is 223 Å². The maximum atomic E-state index is 14.2. The highest BCUT2D eigenvalue weighted by Crippen LogP contribution is 2.68. The SMILES string of the molecule is CC(C)NC(=O)C1N([C@H](CO)c2ccccc2)C(=O)[C@@H]2[C@H](C(=O)Nc3ccccc3)[C@H]3SC12CC3Br. The Bertz CT molecular complexity index is 1150. The lowest BCUT2D eigenvalue weighted by molar-refractivity contribution is -0.142. The lowest BCUT2D eigenvalue weighted by atomic mass is 9.70. The number of rotatable bonds is 7. The number of hydrogen-bond acceptors (Lipinski definition) is 5. The average molecular weight is 573 g/mol. The molecule has 0 aliphatic carbocycles. The molecule has 3 unspecified atom stereocenters. The van der Waals surface area contributed by atoms with Crippen LogP contribution in [0.3, 0.4) is 0 Å². The Morgan fingerprint density at radius 3 is 2.36 bits per heavy atom. The highest BCUT2D eigenvalue weighted by atomic mass is 79.9. The van der Waals surface area contributed by atoms with Gasteiger partial charge in [-0.25, -0.2) is 0 Å². The van der Waals surface area contributed by atoms with Crippen molar-refractivity contribution >= 4 is 51.1 Å². The molecule has 3 amide bonds. The van der Waals surface area contributed by atoms with Gasteiger partial charge in [-0.15, -0.1) is 11.8 Å². The van der Waals surface area contributed by atoms with Crippen molar-refractivity contribution in [1.29, 1.82) is 0 Å². The van der Waals surface area contributed by atoms with Crippen LogP contribution in [-0.4, -0.2) is 61.2 Å². The molecule has 3 saturated heterocycles. The van der Waals surface area contributed by atoms with Crippen molar-refractivity contribution < 1.29 is 19.5 Å². The highest BCUT2D eigenvalue weighted by molar-refractivity contribution is 9.09. The summed E-state index contributed by atoms with van der Waals surface area (Å²) in [5.74, 6) is -1.97. The van der Waals surface area contributed by atoms with Gasteiger partial charge in [0.1, 0.15) is 6.04 Å². The predicted molar refractivity (Wildman–Crippen MR) is 144 cm³/mol. The number of benzene rings is 2. The van der Waals surface area contributed by atoms with E-state index in [2.05, 4.69) is 26.6 Å². The molecule has 0 radical (unpaired) electrons. The molecule has 5 rings (SSSR count). The number of alkyl halides is 1. The Hall–Kier alpha value is -2.36. The van der Waals surface area contributed by atoms with E-state index in [9.17, 15) is 19.5 Å². The van der Waals surface area contributed by atoms with Crippen LogP contribution in [-0.2, 0) is 14.4 Å². The summed E-state index contributed by atoms with van der Waals surface area (Å²) in [6, 6.07) is 16.9. The van der Waals surface area contributed by atoms with E-state index in [0.29, 0.717) is 12.1 Å². The van der Waals surface area contributed by atoms with Crippen LogP contribution < -0.4 is 10.6 Å². The molecule has 7 atom stereocenters. The summed E-state index contributed by atoms with van der Waals surface area (Å²) < 4.78 is -0.768. The third-order valence-corrected chi connectivity index (χ3v) is 10.7. The number of fused-ring (bicyclic) bond motifs is 1. The van der Waals surface area contributed by atoms with Crippen LogP contribution >= 0.6 is 27.7 Å². The Kier molecular flexibility index (Phi) is 6.91. The number of para-hydroxylation sites is 1. The number of likely N-dealkylation sites (tertiary alicyclic amines) is 1. The van der Waals surface area contributed by atoms with Gasteiger partial charge in [-0.05, 0) is 38.0 Å². The van der Waals surface area contributed by atoms with Crippen molar-refractivity contribution in [3.8, 4) is 0 Å². The summed E-state index contributed by atoms with van der Waals surface area (Å²) in [5.41, 5.74) is 1.43. The molecule has 0 saturated carbocycles. The molecule has 1 spiro atoms. The van der Waals surface area contributed by atoms with E-state index >= 15 is 0 Å². The largest absolute Gasteiger partial charge is 0.394 e. The van der Waals surface area contributed by atoms with Crippen molar-refractivity contribution in [3.05, 3.63) is 66.2 Å². The molecule has 2 bridgehead atoms. The van der Waals surface area contributed by atoms with Crippen molar-refractivity contribution in [2.24, 2.45) is 11.8 Å². The van der Waals surface area contributed by atoms with Crippen LogP contribution in [0.15, 0.2) is 60.7 Å². The van der Waals surface area contributed by atoms with E-state index in [0.717, 1.165) is 5.56 Å². The minimum absolute atomic E-state index is 0.0170. The van der Waals surface area contributed by atoms with E-state index < -0.39 is 28.7 Å². The minimum atomic E-state index is -0.806. The molecule has 7 nitrogen and oxygen atoms in total. The highest BCUT2D eigenvalue weighted by Gasteiger charge is 2.76. The topological polar surface area (TPSA) is 98.7 Å². The van der Waals surface area contributed by atoms with Gasteiger partial charge in [0.2, 0.25) is 17.7 Å². The molecule has 2 aromatic rings. The van der Waals surface area contributed by atoms with Crippen LogP contribution in [0.4, 0.5) is 5.69 Å². The van der Waals surface area contributed by atoms with Crippen molar-refractivity contribution in [3.63, 3.8) is 0 Å². The van der Waals surface area contributed by atoms with E-state index in [4.69, 9.17) is 0 Å². The first kappa shape index (κ1) is 25.3. The molecule has 36 heavy (non-hydrogen) atoms. The second-order valence-electron chi connectivity index (χ2n) is 10.0. The van der Waals surface area contributed by atoms with Crippen LogP contribution in [0, 0.1) is 11.8 Å². The number of aliphatic hydroxyl groups is 1. The molecule has 3 N–H and O–H groups in total. The molecule has 3 heterocycles. The summed E-state index contributed by atoms with van der Waals surface area (Å²) in [6.45, 7) is 3.45. The van der Waals surface area contributed by atoms with Gasteiger partial charge in [-0.1, -0.05) is 64.5 Å². The molecule has 0 aromatic heterocycles. The lowest BCUT2D eigenvalue weighted by Crippen LogP contribution is -2.56. The minimum Gasteiger partial charge on any atom is -0.394 e. The third-order valence-electron chi connectivity index (χ3n) is 7.44. The molecular formula is C27H30BrN3O4S. The Balaban J connectivity index is 1.58. The molecule has 9 heteroatoms. The molecule has 3 fully saturated rings. The zero-order valence-electron chi connectivity index (χ0n) is 20.1. The second-order valence-corrected chi connectivity index (χ2v) is 12.8. The summed E-state index contributed by atoms with van der Waals surface area (Å²) in [6.07, 6.45) is 0.591. The number of carbonyl (C=O) groups is 3. The van der Waals surface area contributed by atoms with Crippen molar-refractivity contribution in [2.45, 2.75) is 53.2 Å². The molecule has 190 valence electrons. The molecule has 3 aliphatic heterocycles. The number of hydrogen-bond donors (Lipinski definition) is 3. The van der Waals surface area contributed by atoms with E-state index in [1.807, 2.05) is 74.5 Å². The average Bonchev–Trinajstić information content (AvgIpc) is 3.44. The number of nitrogens with one attached hydrogen (secondary N) is 2. The van der Waals surface area contributed by atoms with Gasteiger partial charge in [0.15, 0.2) is 0 Å². The molecule has 2 aromatic carbocycles. The standard InChI is InChI=1S/C27H30BrN3O4S/c1-15(2)29-25(34)23-27-13-18(28)22(36-27)20(24(33)30-17-11-7-4-8-12-17)21(27)26(35)31(23)19(14-32)16-9-5-3-6-10-16/h3-12,15,18-23,32H,13-14H2,1-2H3,(H,29,34)(H,30,33)/t18?,19-,20+,21+,22+,23?,27?/m1/s1. The second kappa shape index (κ2) is 9.84. The maximum absolute atomic E-state index is 14.2. The summed E-state index contributed by atoms with van der Waals surface area (Å²) in [7, 11) is 0. The van der Waals surface area contributed by atoms with E-state index in [-0.39, 0.29) is 40.4 Å². The maximum Gasteiger partial charge on any atom is 0.244 e.